The SMILES string of the molecule is CC(C)C1CCC(C#N)(C(O)c2cc(Br)c(Br)s2)CC1. The Hall–Kier alpha value is 0.110. The zero-order chi connectivity index (χ0) is 14.9. The van der Waals surface area contributed by atoms with Crippen LogP contribution in [0.2, 0.25) is 0 Å². The van der Waals surface area contributed by atoms with Gasteiger partial charge in [0.1, 0.15) is 6.10 Å². The first kappa shape index (κ1) is 16.5. The molecule has 2 rings (SSSR count). The van der Waals surface area contributed by atoms with Crippen molar-refractivity contribution in [3.63, 3.8) is 0 Å². The number of nitriles is 1. The fraction of sp³-hybridized carbons (Fsp3) is 0.667. The highest BCUT2D eigenvalue weighted by molar-refractivity contribution is 9.13. The monoisotopic (exact) mass is 419 g/mol. The van der Waals surface area contributed by atoms with Crippen LogP contribution in [0.3, 0.4) is 0 Å². The molecular formula is C15H19Br2NOS. The lowest BCUT2D eigenvalue weighted by Crippen LogP contribution is -2.33. The van der Waals surface area contributed by atoms with Gasteiger partial charge in [-0.05, 0) is 75.4 Å². The van der Waals surface area contributed by atoms with Crippen molar-refractivity contribution in [2.75, 3.05) is 0 Å². The molecule has 0 aromatic carbocycles. The molecule has 1 fully saturated rings. The van der Waals surface area contributed by atoms with E-state index in [-0.39, 0.29) is 0 Å². The summed E-state index contributed by atoms with van der Waals surface area (Å²) in [4.78, 5) is 0.869. The van der Waals surface area contributed by atoms with E-state index >= 15 is 0 Å². The van der Waals surface area contributed by atoms with E-state index in [4.69, 9.17) is 0 Å². The average Bonchev–Trinajstić information content (AvgIpc) is 2.77. The van der Waals surface area contributed by atoms with Crippen molar-refractivity contribution in [3.8, 4) is 6.07 Å². The third-order valence-electron chi connectivity index (χ3n) is 4.55. The number of hydrogen-bond donors (Lipinski definition) is 1. The van der Waals surface area contributed by atoms with Gasteiger partial charge in [-0.2, -0.15) is 5.26 Å². The van der Waals surface area contributed by atoms with Crippen molar-refractivity contribution in [2.24, 2.45) is 17.3 Å². The normalized spacial score (nSPS) is 28.4. The molecule has 0 spiro atoms. The summed E-state index contributed by atoms with van der Waals surface area (Å²) in [7, 11) is 0. The molecule has 0 saturated heterocycles. The van der Waals surface area contributed by atoms with Crippen molar-refractivity contribution >= 4 is 43.2 Å². The minimum absolute atomic E-state index is 0.616. The van der Waals surface area contributed by atoms with Gasteiger partial charge < -0.3 is 5.11 Å². The molecule has 110 valence electrons. The molecule has 0 amide bonds. The van der Waals surface area contributed by atoms with E-state index < -0.39 is 11.5 Å². The van der Waals surface area contributed by atoms with Crippen molar-refractivity contribution < 1.29 is 5.11 Å². The summed E-state index contributed by atoms with van der Waals surface area (Å²) in [6.45, 7) is 4.49. The molecule has 1 aromatic rings. The molecule has 1 aliphatic rings. The third kappa shape index (κ3) is 3.14. The number of aliphatic hydroxyl groups excluding tert-OH is 1. The predicted molar refractivity (Wildman–Crippen MR) is 89.5 cm³/mol. The van der Waals surface area contributed by atoms with Crippen LogP contribution in [0.15, 0.2) is 14.3 Å². The van der Waals surface area contributed by atoms with E-state index in [9.17, 15) is 10.4 Å². The van der Waals surface area contributed by atoms with E-state index in [1.165, 1.54) is 11.3 Å². The predicted octanol–water partition coefficient (Wildman–Crippen LogP) is 5.66. The highest BCUT2D eigenvalue weighted by Crippen LogP contribution is 2.50. The summed E-state index contributed by atoms with van der Waals surface area (Å²) in [5, 5.41) is 20.4. The minimum Gasteiger partial charge on any atom is -0.386 e. The van der Waals surface area contributed by atoms with Crippen LogP contribution in [0.1, 0.15) is 50.5 Å². The van der Waals surface area contributed by atoms with Gasteiger partial charge in [-0.3, -0.25) is 0 Å². The number of nitrogens with zero attached hydrogens (tertiary/aromatic N) is 1. The maximum Gasteiger partial charge on any atom is 0.107 e. The zero-order valence-corrected chi connectivity index (χ0v) is 15.7. The molecule has 1 atom stereocenters. The lowest BCUT2D eigenvalue weighted by Gasteiger charge is -2.39. The largest absolute Gasteiger partial charge is 0.386 e. The van der Waals surface area contributed by atoms with Crippen LogP contribution in [-0.2, 0) is 0 Å². The highest BCUT2D eigenvalue weighted by atomic mass is 79.9. The molecule has 5 heteroatoms. The molecule has 20 heavy (non-hydrogen) atoms. The molecule has 1 saturated carbocycles. The highest BCUT2D eigenvalue weighted by Gasteiger charge is 2.43. The fourth-order valence-corrected chi connectivity index (χ4v) is 5.23. The first-order valence-electron chi connectivity index (χ1n) is 6.93. The summed E-state index contributed by atoms with van der Waals surface area (Å²) in [6.07, 6.45) is 2.97. The number of hydrogen-bond acceptors (Lipinski definition) is 3. The molecule has 1 N–H and O–H groups in total. The summed E-state index contributed by atoms with van der Waals surface area (Å²) in [5.74, 6) is 1.35. The summed E-state index contributed by atoms with van der Waals surface area (Å²) in [5.41, 5.74) is -0.616. The van der Waals surface area contributed by atoms with E-state index in [1.807, 2.05) is 6.07 Å². The third-order valence-corrected chi connectivity index (χ3v) is 7.85. The van der Waals surface area contributed by atoms with Gasteiger partial charge >= 0.3 is 0 Å². The van der Waals surface area contributed by atoms with Crippen LogP contribution >= 0.6 is 43.2 Å². The Balaban J connectivity index is 2.18. The molecule has 0 radical (unpaired) electrons. The van der Waals surface area contributed by atoms with Crippen molar-refractivity contribution in [3.05, 3.63) is 19.2 Å². The number of halogens is 2. The van der Waals surface area contributed by atoms with Crippen LogP contribution in [0.25, 0.3) is 0 Å². The molecule has 0 aliphatic heterocycles. The van der Waals surface area contributed by atoms with Crippen molar-refractivity contribution in [2.45, 2.75) is 45.6 Å². The Bertz CT molecular complexity index is 493. The lowest BCUT2D eigenvalue weighted by molar-refractivity contribution is 0.0214. The van der Waals surface area contributed by atoms with Crippen LogP contribution in [0.5, 0.6) is 0 Å². The fourth-order valence-electron chi connectivity index (χ4n) is 3.04. The second kappa shape index (κ2) is 6.48. The average molecular weight is 421 g/mol. The quantitative estimate of drug-likeness (QED) is 0.685. The van der Waals surface area contributed by atoms with Crippen molar-refractivity contribution in [1.29, 1.82) is 5.26 Å². The molecule has 1 aromatic heterocycles. The molecule has 1 unspecified atom stereocenters. The van der Waals surface area contributed by atoms with Gasteiger partial charge in [0.05, 0.1) is 15.3 Å². The van der Waals surface area contributed by atoms with Gasteiger partial charge in [-0.1, -0.05) is 13.8 Å². The minimum atomic E-state index is -0.687. The zero-order valence-electron chi connectivity index (χ0n) is 11.7. The Labute approximate surface area is 141 Å². The maximum absolute atomic E-state index is 10.7. The number of aliphatic hydroxyl groups is 1. The lowest BCUT2D eigenvalue weighted by atomic mass is 9.66. The first-order valence-corrected chi connectivity index (χ1v) is 9.34. The summed E-state index contributed by atoms with van der Waals surface area (Å²) < 4.78 is 1.91. The standard InChI is InChI=1S/C15H19Br2NOS/c1-9(2)10-3-5-15(8-18,6-4-10)13(19)12-7-11(16)14(17)20-12/h7,9-10,13,19H,3-6H2,1-2H3. The molecular weight excluding hydrogens is 402 g/mol. The van der Waals surface area contributed by atoms with Crippen LogP contribution in [-0.4, -0.2) is 5.11 Å². The molecule has 2 nitrogen and oxygen atoms in total. The second-order valence-electron chi connectivity index (χ2n) is 6.02. The number of rotatable bonds is 3. The Morgan fingerprint density at radius 1 is 1.40 bits per heavy atom. The Kier molecular flexibility index (Phi) is 5.34. The smallest absolute Gasteiger partial charge is 0.107 e. The first-order chi connectivity index (χ1) is 9.39. The van der Waals surface area contributed by atoms with Gasteiger partial charge in [0, 0.05) is 9.35 Å². The van der Waals surface area contributed by atoms with Crippen LogP contribution < -0.4 is 0 Å². The van der Waals surface area contributed by atoms with Gasteiger partial charge in [0.25, 0.3) is 0 Å². The maximum atomic E-state index is 10.7. The van der Waals surface area contributed by atoms with Gasteiger partial charge in [0.15, 0.2) is 0 Å². The topological polar surface area (TPSA) is 44.0 Å². The molecule has 0 bridgehead atoms. The van der Waals surface area contributed by atoms with E-state index in [1.54, 1.807) is 0 Å². The molecule has 1 heterocycles. The molecule has 1 aliphatic carbocycles. The van der Waals surface area contributed by atoms with Crippen LogP contribution in [0.4, 0.5) is 0 Å². The van der Waals surface area contributed by atoms with Gasteiger partial charge in [0.2, 0.25) is 0 Å². The Morgan fingerprint density at radius 3 is 2.40 bits per heavy atom. The number of thiophene rings is 1. The van der Waals surface area contributed by atoms with Crippen molar-refractivity contribution in [1.82, 2.24) is 0 Å². The van der Waals surface area contributed by atoms with E-state index in [2.05, 4.69) is 51.8 Å². The Morgan fingerprint density at radius 2 is 2.00 bits per heavy atom. The van der Waals surface area contributed by atoms with Gasteiger partial charge in [-0.15, -0.1) is 11.3 Å². The van der Waals surface area contributed by atoms with Crippen LogP contribution in [0, 0.1) is 28.6 Å². The summed E-state index contributed by atoms with van der Waals surface area (Å²) >= 11 is 8.41. The summed E-state index contributed by atoms with van der Waals surface area (Å²) in [6, 6.07) is 4.35. The van der Waals surface area contributed by atoms with E-state index in [0.29, 0.717) is 11.8 Å². The van der Waals surface area contributed by atoms with E-state index in [0.717, 1.165) is 38.8 Å². The second-order valence-corrected chi connectivity index (χ2v) is 9.28. The van der Waals surface area contributed by atoms with Gasteiger partial charge in [-0.25, -0.2) is 0 Å².